The molecule has 0 aliphatic rings. The number of amides is 3. The molecule has 0 fully saturated rings. The highest BCUT2D eigenvalue weighted by atomic mass is 35.5. The Kier molecular flexibility index (Phi) is 5.19. The number of imide groups is 1. The van der Waals surface area contributed by atoms with Gasteiger partial charge < -0.3 is 0 Å². The summed E-state index contributed by atoms with van der Waals surface area (Å²) in [6.07, 6.45) is 0. The molecule has 0 aliphatic heterocycles. The van der Waals surface area contributed by atoms with E-state index in [9.17, 15) is 18.4 Å². The van der Waals surface area contributed by atoms with Crippen molar-refractivity contribution < 1.29 is 18.4 Å². The van der Waals surface area contributed by atoms with Crippen LogP contribution in [0.4, 0.5) is 18.7 Å². The molecule has 0 spiro atoms. The van der Waals surface area contributed by atoms with Crippen LogP contribution in [0.5, 0.6) is 0 Å². The smallest absolute Gasteiger partial charge is 0.282 e. The third-order valence-electron chi connectivity index (χ3n) is 3.15. The number of hydrogen-bond acceptors (Lipinski definition) is 5. The standard InChI is InChI=1S/C16H9ClF2N4O2S/c17-9-6-4-8(5-7-9)14-22-23-16(26-14)21-15(25)20-13(24)12-10(18)2-1-3-11(12)19/h1-7H,(H2,20,21,23,24,25). The van der Waals surface area contributed by atoms with Gasteiger partial charge in [-0.2, -0.15) is 0 Å². The predicted molar refractivity (Wildman–Crippen MR) is 93.2 cm³/mol. The van der Waals surface area contributed by atoms with Gasteiger partial charge in [0.2, 0.25) is 5.13 Å². The maximum Gasteiger partial charge on any atom is 0.328 e. The summed E-state index contributed by atoms with van der Waals surface area (Å²) in [5, 5.41) is 13.0. The first kappa shape index (κ1) is 17.9. The number of nitrogens with one attached hydrogen (secondary N) is 2. The minimum atomic E-state index is -1.21. The number of rotatable bonds is 3. The van der Waals surface area contributed by atoms with E-state index >= 15 is 0 Å². The normalized spacial score (nSPS) is 10.4. The molecule has 26 heavy (non-hydrogen) atoms. The van der Waals surface area contributed by atoms with E-state index in [1.165, 1.54) is 0 Å². The molecule has 0 aliphatic carbocycles. The molecule has 0 radical (unpaired) electrons. The van der Waals surface area contributed by atoms with Gasteiger partial charge in [-0.1, -0.05) is 41.1 Å². The van der Waals surface area contributed by atoms with Crippen LogP contribution in [0.2, 0.25) is 5.02 Å². The van der Waals surface area contributed by atoms with Gasteiger partial charge in [0.15, 0.2) is 0 Å². The maximum absolute atomic E-state index is 13.5. The summed E-state index contributed by atoms with van der Waals surface area (Å²) in [6.45, 7) is 0. The van der Waals surface area contributed by atoms with E-state index in [-0.39, 0.29) is 5.13 Å². The Morgan fingerprint density at radius 2 is 1.65 bits per heavy atom. The number of carbonyl (C=O) groups is 2. The lowest BCUT2D eigenvalue weighted by atomic mass is 10.2. The van der Waals surface area contributed by atoms with Crippen molar-refractivity contribution in [3.63, 3.8) is 0 Å². The second-order valence-corrected chi connectivity index (χ2v) is 6.34. The fourth-order valence-electron chi connectivity index (χ4n) is 1.99. The minimum Gasteiger partial charge on any atom is -0.282 e. The van der Waals surface area contributed by atoms with E-state index in [1.807, 2.05) is 5.32 Å². The lowest BCUT2D eigenvalue weighted by molar-refractivity contribution is 0.0959. The fourth-order valence-corrected chi connectivity index (χ4v) is 2.86. The van der Waals surface area contributed by atoms with E-state index in [0.29, 0.717) is 10.0 Å². The molecule has 2 N–H and O–H groups in total. The SMILES string of the molecule is O=C(NC(=O)c1c(F)cccc1F)Nc1nnc(-c2ccc(Cl)cc2)s1. The quantitative estimate of drug-likeness (QED) is 0.700. The molecule has 3 amide bonds. The first-order valence-corrected chi connectivity index (χ1v) is 8.29. The molecular formula is C16H9ClF2N4O2S. The number of benzene rings is 2. The predicted octanol–water partition coefficient (Wildman–Crippen LogP) is 4.10. The summed E-state index contributed by atoms with van der Waals surface area (Å²) in [5.41, 5.74) is -0.105. The Morgan fingerprint density at radius 1 is 1.00 bits per heavy atom. The summed E-state index contributed by atoms with van der Waals surface area (Å²) in [4.78, 5) is 23.7. The van der Waals surface area contributed by atoms with Crippen LogP contribution in [-0.4, -0.2) is 22.1 Å². The van der Waals surface area contributed by atoms with Crippen molar-refractivity contribution in [3.05, 3.63) is 64.7 Å². The number of nitrogens with zero attached hydrogens (tertiary/aromatic N) is 2. The third-order valence-corrected chi connectivity index (χ3v) is 4.29. The third kappa shape index (κ3) is 4.01. The molecule has 132 valence electrons. The van der Waals surface area contributed by atoms with Gasteiger partial charge in [0.05, 0.1) is 0 Å². The number of halogens is 3. The van der Waals surface area contributed by atoms with Crippen LogP contribution in [0.15, 0.2) is 42.5 Å². The van der Waals surface area contributed by atoms with Gasteiger partial charge in [-0.3, -0.25) is 15.4 Å². The van der Waals surface area contributed by atoms with E-state index in [1.54, 1.807) is 24.3 Å². The van der Waals surface area contributed by atoms with Crippen LogP contribution in [0.1, 0.15) is 10.4 Å². The molecule has 0 saturated heterocycles. The number of anilines is 1. The Labute approximate surface area is 154 Å². The highest BCUT2D eigenvalue weighted by molar-refractivity contribution is 7.18. The molecule has 3 rings (SSSR count). The topological polar surface area (TPSA) is 84.0 Å². The highest BCUT2D eigenvalue weighted by Crippen LogP contribution is 2.27. The van der Waals surface area contributed by atoms with Crippen LogP contribution >= 0.6 is 22.9 Å². The van der Waals surface area contributed by atoms with Crippen molar-refractivity contribution >= 4 is 40.0 Å². The molecule has 0 bridgehead atoms. The zero-order valence-electron chi connectivity index (χ0n) is 12.8. The number of hydrogen-bond donors (Lipinski definition) is 2. The molecule has 2 aromatic carbocycles. The first-order chi connectivity index (χ1) is 12.4. The van der Waals surface area contributed by atoms with Crippen molar-refractivity contribution in [3.8, 4) is 10.6 Å². The summed E-state index contributed by atoms with van der Waals surface area (Å²) < 4.78 is 27.1. The zero-order chi connectivity index (χ0) is 18.7. The fraction of sp³-hybridized carbons (Fsp3) is 0. The van der Waals surface area contributed by atoms with Crippen LogP contribution in [0.25, 0.3) is 10.6 Å². The first-order valence-electron chi connectivity index (χ1n) is 7.10. The van der Waals surface area contributed by atoms with Gasteiger partial charge in [0, 0.05) is 10.6 Å². The lowest BCUT2D eigenvalue weighted by Crippen LogP contribution is -2.35. The highest BCUT2D eigenvalue weighted by Gasteiger charge is 2.20. The molecular weight excluding hydrogens is 386 g/mol. The van der Waals surface area contributed by atoms with Gasteiger partial charge in [-0.05, 0) is 24.3 Å². The molecule has 3 aromatic rings. The maximum atomic E-state index is 13.5. The minimum absolute atomic E-state index is 0.106. The van der Waals surface area contributed by atoms with E-state index in [2.05, 4.69) is 15.5 Å². The van der Waals surface area contributed by atoms with Crippen molar-refractivity contribution in [2.75, 3.05) is 5.32 Å². The Hall–Kier alpha value is -2.91. The number of aromatic nitrogens is 2. The summed E-state index contributed by atoms with van der Waals surface area (Å²) in [5.74, 6) is -3.35. The monoisotopic (exact) mass is 394 g/mol. The molecule has 6 nitrogen and oxygen atoms in total. The average molecular weight is 395 g/mol. The van der Waals surface area contributed by atoms with Gasteiger partial charge in [0.25, 0.3) is 5.91 Å². The molecule has 1 heterocycles. The largest absolute Gasteiger partial charge is 0.328 e. The lowest BCUT2D eigenvalue weighted by Gasteiger charge is -2.05. The van der Waals surface area contributed by atoms with Crippen molar-refractivity contribution in [1.82, 2.24) is 15.5 Å². The summed E-state index contributed by atoms with van der Waals surface area (Å²) in [6, 6.07) is 8.78. The van der Waals surface area contributed by atoms with Crippen molar-refractivity contribution in [2.24, 2.45) is 0 Å². The van der Waals surface area contributed by atoms with Crippen LogP contribution < -0.4 is 10.6 Å². The molecule has 0 unspecified atom stereocenters. The molecule has 0 atom stereocenters. The van der Waals surface area contributed by atoms with E-state index < -0.39 is 29.1 Å². The summed E-state index contributed by atoms with van der Waals surface area (Å²) >= 11 is 6.86. The Balaban J connectivity index is 1.67. The van der Waals surface area contributed by atoms with Crippen molar-refractivity contribution in [2.45, 2.75) is 0 Å². The second kappa shape index (κ2) is 7.54. The van der Waals surface area contributed by atoms with Gasteiger partial charge in [0.1, 0.15) is 22.2 Å². The van der Waals surface area contributed by atoms with Gasteiger partial charge in [-0.15, -0.1) is 10.2 Å². The van der Waals surface area contributed by atoms with E-state index in [0.717, 1.165) is 35.1 Å². The summed E-state index contributed by atoms with van der Waals surface area (Å²) in [7, 11) is 0. The molecule has 1 aromatic heterocycles. The molecule has 0 saturated carbocycles. The van der Waals surface area contributed by atoms with E-state index in [4.69, 9.17) is 11.6 Å². The number of carbonyl (C=O) groups excluding carboxylic acids is 2. The van der Waals surface area contributed by atoms with Gasteiger partial charge in [-0.25, -0.2) is 13.6 Å². The van der Waals surface area contributed by atoms with Crippen LogP contribution in [-0.2, 0) is 0 Å². The van der Waals surface area contributed by atoms with Crippen molar-refractivity contribution in [1.29, 1.82) is 0 Å². The van der Waals surface area contributed by atoms with Crippen LogP contribution in [0, 0.1) is 11.6 Å². The number of urea groups is 1. The molecule has 10 heteroatoms. The second-order valence-electron chi connectivity index (χ2n) is 4.92. The zero-order valence-corrected chi connectivity index (χ0v) is 14.4. The Morgan fingerprint density at radius 3 is 2.31 bits per heavy atom. The Bertz CT molecular complexity index is 958. The van der Waals surface area contributed by atoms with Gasteiger partial charge >= 0.3 is 6.03 Å². The average Bonchev–Trinajstić information content (AvgIpc) is 3.03. The van der Waals surface area contributed by atoms with Crippen LogP contribution in [0.3, 0.4) is 0 Å².